The zero-order valence-corrected chi connectivity index (χ0v) is 13.8. The molecule has 134 valence electrons. The first-order valence-corrected chi connectivity index (χ1v) is 7.78. The molecule has 0 unspecified atom stereocenters. The number of nitrogens with one attached hydrogen (secondary N) is 1. The van der Waals surface area contributed by atoms with Crippen LogP contribution >= 0.6 is 0 Å². The summed E-state index contributed by atoms with van der Waals surface area (Å²) in [5.41, 5.74) is 0. The van der Waals surface area contributed by atoms with Crippen molar-refractivity contribution in [1.82, 2.24) is 5.32 Å². The SMILES string of the molecule is CCOc1ccc(OCCNC(=O)COc2ccc(F)c(F)c2)cc1. The Morgan fingerprint density at radius 1 is 0.920 bits per heavy atom. The number of carbonyl (C=O) groups is 1. The number of halogens is 2. The van der Waals surface area contributed by atoms with Crippen LogP contribution in [0.2, 0.25) is 0 Å². The van der Waals surface area contributed by atoms with E-state index in [2.05, 4.69) is 5.32 Å². The summed E-state index contributed by atoms with van der Waals surface area (Å²) in [5, 5.41) is 2.60. The van der Waals surface area contributed by atoms with E-state index in [-0.39, 0.29) is 31.4 Å². The molecule has 2 aromatic carbocycles. The second-order valence-electron chi connectivity index (χ2n) is 4.97. The van der Waals surface area contributed by atoms with Gasteiger partial charge in [0.15, 0.2) is 18.2 Å². The summed E-state index contributed by atoms with van der Waals surface area (Å²) < 4.78 is 41.7. The van der Waals surface area contributed by atoms with Gasteiger partial charge in [0.2, 0.25) is 0 Å². The summed E-state index contributed by atoms with van der Waals surface area (Å²) in [7, 11) is 0. The highest BCUT2D eigenvalue weighted by atomic mass is 19.2. The van der Waals surface area contributed by atoms with E-state index in [4.69, 9.17) is 14.2 Å². The van der Waals surface area contributed by atoms with Gasteiger partial charge in [0.25, 0.3) is 5.91 Å². The minimum absolute atomic E-state index is 0.0830. The molecule has 1 N–H and O–H groups in total. The zero-order valence-electron chi connectivity index (χ0n) is 13.8. The molecule has 0 saturated carbocycles. The molecule has 0 atom stereocenters. The maximum absolute atomic E-state index is 13.0. The Morgan fingerprint density at radius 3 is 2.20 bits per heavy atom. The van der Waals surface area contributed by atoms with Gasteiger partial charge in [0, 0.05) is 6.07 Å². The summed E-state index contributed by atoms with van der Waals surface area (Å²) in [6.07, 6.45) is 0. The van der Waals surface area contributed by atoms with Crippen LogP contribution in [-0.4, -0.2) is 32.3 Å². The second-order valence-corrected chi connectivity index (χ2v) is 4.97. The first-order valence-electron chi connectivity index (χ1n) is 7.78. The van der Waals surface area contributed by atoms with Gasteiger partial charge >= 0.3 is 0 Å². The molecule has 0 aliphatic heterocycles. The fourth-order valence-electron chi connectivity index (χ4n) is 1.92. The summed E-state index contributed by atoms with van der Waals surface area (Å²) in [4.78, 5) is 11.6. The van der Waals surface area contributed by atoms with E-state index in [1.807, 2.05) is 6.92 Å². The molecule has 0 bridgehead atoms. The summed E-state index contributed by atoms with van der Waals surface area (Å²) in [5.74, 6) is -0.877. The van der Waals surface area contributed by atoms with Crippen LogP contribution < -0.4 is 19.5 Å². The van der Waals surface area contributed by atoms with Gasteiger partial charge in [-0.05, 0) is 43.3 Å². The quantitative estimate of drug-likeness (QED) is 0.706. The van der Waals surface area contributed by atoms with Gasteiger partial charge in [-0.15, -0.1) is 0 Å². The number of amides is 1. The average Bonchev–Trinajstić information content (AvgIpc) is 2.61. The molecule has 0 heterocycles. The molecule has 2 aromatic rings. The van der Waals surface area contributed by atoms with Crippen molar-refractivity contribution >= 4 is 5.91 Å². The molecule has 1 amide bonds. The van der Waals surface area contributed by atoms with Gasteiger partial charge in [-0.1, -0.05) is 0 Å². The van der Waals surface area contributed by atoms with Crippen LogP contribution in [0.5, 0.6) is 17.2 Å². The molecule has 25 heavy (non-hydrogen) atoms. The monoisotopic (exact) mass is 351 g/mol. The molecular formula is C18H19F2NO4. The Balaban J connectivity index is 1.64. The third-order valence-electron chi connectivity index (χ3n) is 3.09. The Kier molecular flexibility index (Phi) is 7.00. The highest BCUT2D eigenvalue weighted by molar-refractivity contribution is 5.77. The number of hydrogen-bond donors (Lipinski definition) is 1. The van der Waals surface area contributed by atoms with Gasteiger partial charge in [-0.3, -0.25) is 4.79 Å². The number of hydrogen-bond acceptors (Lipinski definition) is 4. The van der Waals surface area contributed by atoms with E-state index in [1.54, 1.807) is 24.3 Å². The molecule has 2 rings (SSSR count). The molecular weight excluding hydrogens is 332 g/mol. The van der Waals surface area contributed by atoms with Crippen LogP contribution in [0, 0.1) is 11.6 Å². The molecule has 0 aliphatic carbocycles. The highest BCUT2D eigenvalue weighted by Crippen LogP contribution is 2.17. The van der Waals surface area contributed by atoms with Crippen molar-refractivity contribution in [3.63, 3.8) is 0 Å². The van der Waals surface area contributed by atoms with Gasteiger partial charge in [0.1, 0.15) is 23.9 Å². The maximum Gasteiger partial charge on any atom is 0.258 e. The van der Waals surface area contributed by atoms with E-state index < -0.39 is 11.6 Å². The molecule has 0 spiro atoms. The predicted octanol–water partition coefficient (Wildman–Crippen LogP) is 2.94. The van der Waals surface area contributed by atoms with E-state index >= 15 is 0 Å². The van der Waals surface area contributed by atoms with Crippen molar-refractivity contribution in [2.45, 2.75) is 6.92 Å². The maximum atomic E-state index is 13.0. The lowest BCUT2D eigenvalue weighted by Gasteiger charge is -2.09. The highest BCUT2D eigenvalue weighted by Gasteiger charge is 2.06. The molecule has 0 fully saturated rings. The fourth-order valence-corrected chi connectivity index (χ4v) is 1.92. The molecule has 0 aliphatic rings. The first-order chi connectivity index (χ1) is 12.1. The van der Waals surface area contributed by atoms with Crippen LogP contribution in [0.15, 0.2) is 42.5 Å². The number of ether oxygens (including phenoxy) is 3. The van der Waals surface area contributed by atoms with Gasteiger partial charge in [0.05, 0.1) is 13.2 Å². The minimum Gasteiger partial charge on any atom is -0.494 e. The van der Waals surface area contributed by atoms with Crippen molar-refractivity contribution in [2.24, 2.45) is 0 Å². The molecule has 0 saturated heterocycles. The third kappa shape index (κ3) is 6.29. The Labute approximate surface area is 144 Å². The minimum atomic E-state index is -1.03. The largest absolute Gasteiger partial charge is 0.494 e. The van der Waals surface area contributed by atoms with Crippen LogP contribution in [0.3, 0.4) is 0 Å². The number of benzene rings is 2. The normalized spacial score (nSPS) is 10.2. The van der Waals surface area contributed by atoms with Gasteiger partial charge in [-0.25, -0.2) is 8.78 Å². The standard InChI is InChI=1S/C18H19F2NO4/c1-2-23-13-3-5-14(6-4-13)24-10-9-21-18(22)12-25-15-7-8-16(19)17(20)11-15/h3-8,11H,2,9-10,12H2,1H3,(H,21,22). The third-order valence-corrected chi connectivity index (χ3v) is 3.09. The van der Waals surface area contributed by atoms with E-state index in [0.717, 1.165) is 17.9 Å². The summed E-state index contributed by atoms with van der Waals surface area (Å²) in [6.45, 7) is 2.77. The number of rotatable bonds is 9. The van der Waals surface area contributed by atoms with Gasteiger partial charge < -0.3 is 19.5 Å². The Hall–Kier alpha value is -2.83. The topological polar surface area (TPSA) is 56.8 Å². The zero-order chi connectivity index (χ0) is 18.1. The van der Waals surface area contributed by atoms with Crippen molar-refractivity contribution in [2.75, 3.05) is 26.4 Å². The lowest BCUT2D eigenvalue weighted by Crippen LogP contribution is -2.32. The number of carbonyl (C=O) groups excluding carboxylic acids is 1. The summed E-state index contributed by atoms with van der Waals surface area (Å²) >= 11 is 0. The fraction of sp³-hybridized carbons (Fsp3) is 0.278. The second kappa shape index (κ2) is 9.46. The van der Waals surface area contributed by atoms with Crippen LogP contribution in [0.4, 0.5) is 8.78 Å². The predicted molar refractivity (Wildman–Crippen MR) is 88.0 cm³/mol. The van der Waals surface area contributed by atoms with E-state index in [1.165, 1.54) is 6.07 Å². The van der Waals surface area contributed by atoms with Crippen LogP contribution in [0.1, 0.15) is 6.92 Å². The van der Waals surface area contributed by atoms with Crippen LogP contribution in [-0.2, 0) is 4.79 Å². The molecule has 7 heteroatoms. The smallest absolute Gasteiger partial charge is 0.258 e. The van der Waals surface area contributed by atoms with Crippen molar-refractivity contribution in [3.05, 3.63) is 54.1 Å². The molecule has 5 nitrogen and oxygen atoms in total. The average molecular weight is 351 g/mol. The lowest BCUT2D eigenvalue weighted by atomic mass is 10.3. The van der Waals surface area contributed by atoms with Crippen molar-refractivity contribution < 1.29 is 27.8 Å². The van der Waals surface area contributed by atoms with Crippen molar-refractivity contribution in [3.8, 4) is 17.2 Å². The Bertz CT molecular complexity index is 692. The Morgan fingerprint density at radius 2 is 1.56 bits per heavy atom. The molecule has 0 aromatic heterocycles. The van der Waals surface area contributed by atoms with Crippen molar-refractivity contribution in [1.29, 1.82) is 0 Å². The van der Waals surface area contributed by atoms with Gasteiger partial charge in [-0.2, -0.15) is 0 Å². The van der Waals surface area contributed by atoms with Crippen LogP contribution in [0.25, 0.3) is 0 Å². The van der Waals surface area contributed by atoms with E-state index in [9.17, 15) is 13.6 Å². The lowest BCUT2D eigenvalue weighted by molar-refractivity contribution is -0.123. The summed E-state index contributed by atoms with van der Waals surface area (Å²) in [6, 6.07) is 10.2. The molecule has 0 radical (unpaired) electrons. The first kappa shape index (κ1) is 18.5. The van der Waals surface area contributed by atoms with E-state index in [0.29, 0.717) is 12.4 Å².